The zero-order valence-corrected chi connectivity index (χ0v) is 9.70. The minimum atomic E-state index is -1.09. The molecule has 0 bridgehead atoms. The molecule has 0 aliphatic carbocycles. The van der Waals surface area contributed by atoms with E-state index < -0.39 is 11.8 Å². The second kappa shape index (κ2) is 5.07. The fourth-order valence-electron chi connectivity index (χ4n) is 1.34. The van der Waals surface area contributed by atoms with Gasteiger partial charge >= 0.3 is 5.97 Å². The number of hydrogen-bond acceptors (Lipinski definition) is 2. The number of nitrogens with zero attached hydrogens (tertiary/aromatic N) is 1. The highest BCUT2D eigenvalue weighted by atomic mass is 19.1. The monoisotopic (exact) mass is 225 g/mol. The Kier molecular flexibility index (Phi) is 4.01. The van der Waals surface area contributed by atoms with Crippen LogP contribution in [0.3, 0.4) is 0 Å². The Morgan fingerprint density at radius 1 is 1.50 bits per heavy atom. The number of rotatable bonds is 4. The van der Waals surface area contributed by atoms with Crippen molar-refractivity contribution in [1.29, 1.82) is 0 Å². The van der Waals surface area contributed by atoms with Crippen LogP contribution >= 0.6 is 0 Å². The van der Waals surface area contributed by atoms with Gasteiger partial charge in [0, 0.05) is 12.6 Å². The molecule has 0 saturated heterocycles. The van der Waals surface area contributed by atoms with Crippen LogP contribution in [0.25, 0.3) is 0 Å². The highest BCUT2D eigenvalue weighted by Crippen LogP contribution is 2.14. The number of carboxylic acids is 1. The first-order chi connectivity index (χ1) is 7.41. The molecule has 16 heavy (non-hydrogen) atoms. The average Bonchev–Trinajstić information content (AvgIpc) is 2.20. The summed E-state index contributed by atoms with van der Waals surface area (Å²) in [6.07, 6.45) is 0. The lowest BCUT2D eigenvalue weighted by Gasteiger charge is -2.21. The molecule has 0 spiro atoms. The van der Waals surface area contributed by atoms with Crippen LogP contribution in [0, 0.1) is 5.82 Å². The van der Waals surface area contributed by atoms with Gasteiger partial charge in [0.25, 0.3) is 0 Å². The first-order valence-corrected chi connectivity index (χ1v) is 5.13. The summed E-state index contributed by atoms with van der Waals surface area (Å²) in [6, 6.07) is 4.19. The number of benzene rings is 1. The van der Waals surface area contributed by atoms with Gasteiger partial charge in [0.2, 0.25) is 0 Å². The van der Waals surface area contributed by atoms with Crippen LogP contribution in [0.15, 0.2) is 18.2 Å². The molecule has 4 heteroatoms. The highest BCUT2D eigenvalue weighted by Gasteiger charge is 2.13. The maximum Gasteiger partial charge on any atom is 0.336 e. The molecule has 0 aliphatic heterocycles. The molecule has 0 unspecified atom stereocenters. The summed E-state index contributed by atoms with van der Waals surface area (Å²) in [6.45, 7) is 4.54. The number of hydrogen-bond donors (Lipinski definition) is 1. The first-order valence-electron chi connectivity index (χ1n) is 5.13. The van der Waals surface area contributed by atoms with Gasteiger partial charge in [0.15, 0.2) is 0 Å². The van der Waals surface area contributed by atoms with Crippen molar-refractivity contribution in [2.45, 2.75) is 26.4 Å². The number of halogens is 1. The van der Waals surface area contributed by atoms with Crippen LogP contribution in [0.2, 0.25) is 0 Å². The first kappa shape index (κ1) is 12.6. The molecule has 0 fully saturated rings. The molecular formula is C12H16FNO2. The van der Waals surface area contributed by atoms with Gasteiger partial charge in [-0.2, -0.15) is 0 Å². The maximum atomic E-state index is 12.9. The van der Waals surface area contributed by atoms with Crippen molar-refractivity contribution in [3.8, 4) is 0 Å². The highest BCUT2D eigenvalue weighted by molar-refractivity contribution is 5.89. The Labute approximate surface area is 94.5 Å². The molecule has 0 amide bonds. The second-order valence-corrected chi connectivity index (χ2v) is 4.12. The van der Waals surface area contributed by atoms with E-state index in [9.17, 15) is 9.18 Å². The Morgan fingerprint density at radius 2 is 2.12 bits per heavy atom. The summed E-state index contributed by atoms with van der Waals surface area (Å²) >= 11 is 0. The molecule has 0 aromatic heterocycles. The molecule has 0 atom stereocenters. The Hall–Kier alpha value is -1.42. The molecule has 0 radical (unpaired) electrons. The smallest absolute Gasteiger partial charge is 0.336 e. The predicted molar refractivity (Wildman–Crippen MR) is 60.0 cm³/mol. The van der Waals surface area contributed by atoms with Crippen LogP contribution in [0.1, 0.15) is 29.8 Å². The third-order valence-corrected chi connectivity index (χ3v) is 2.60. The van der Waals surface area contributed by atoms with E-state index in [0.717, 1.165) is 6.07 Å². The van der Waals surface area contributed by atoms with Gasteiger partial charge in [0.1, 0.15) is 5.82 Å². The van der Waals surface area contributed by atoms with Gasteiger partial charge < -0.3 is 5.11 Å². The molecule has 1 N–H and O–H groups in total. The SMILES string of the molecule is CC(C)N(C)Cc1ccc(F)cc1C(=O)O. The van der Waals surface area contributed by atoms with Gasteiger partial charge in [-0.15, -0.1) is 0 Å². The van der Waals surface area contributed by atoms with Crippen molar-refractivity contribution in [3.63, 3.8) is 0 Å². The largest absolute Gasteiger partial charge is 0.478 e. The number of aromatic carboxylic acids is 1. The Balaban J connectivity index is 2.99. The summed E-state index contributed by atoms with van der Waals surface area (Å²) in [5.74, 6) is -1.61. The van der Waals surface area contributed by atoms with Gasteiger partial charge in [0.05, 0.1) is 5.56 Å². The van der Waals surface area contributed by atoms with Crippen molar-refractivity contribution in [1.82, 2.24) is 4.90 Å². The number of carbonyl (C=O) groups is 1. The van der Waals surface area contributed by atoms with E-state index in [1.807, 2.05) is 25.8 Å². The quantitative estimate of drug-likeness (QED) is 0.855. The van der Waals surface area contributed by atoms with E-state index in [2.05, 4.69) is 0 Å². The van der Waals surface area contributed by atoms with E-state index in [1.54, 1.807) is 0 Å². The van der Waals surface area contributed by atoms with Gasteiger partial charge in [-0.3, -0.25) is 4.90 Å². The molecule has 0 aliphatic rings. The maximum absolute atomic E-state index is 12.9. The van der Waals surface area contributed by atoms with Crippen molar-refractivity contribution in [2.24, 2.45) is 0 Å². The number of carboxylic acid groups (broad SMARTS) is 1. The van der Waals surface area contributed by atoms with Crippen LogP contribution < -0.4 is 0 Å². The van der Waals surface area contributed by atoms with Crippen molar-refractivity contribution in [3.05, 3.63) is 35.1 Å². The average molecular weight is 225 g/mol. The minimum Gasteiger partial charge on any atom is -0.478 e. The molecule has 88 valence electrons. The minimum absolute atomic E-state index is 0.0347. The molecular weight excluding hydrogens is 209 g/mol. The Bertz CT molecular complexity index is 391. The molecule has 1 aromatic carbocycles. The van der Waals surface area contributed by atoms with Crippen molar-refractivity contribution < 1.29 is 14.3 Å². The summed E-state index contributed by atoms with van der Waals surface area (Å²) in [5, 5.41) is 8.96. The standard InChI is InChI=1S/C12H16FNO2/c1-8(2)14(3)7-9-4-5-10(13)6-11(9)12(15)16/h4-6,8H,7H2,1-3H3,(H,15,16). The van der Waals surface area contributed by atoms with E-state index in [-0.39, 0.29) is 5.56 Å². The normalized spacial score (nSPS) is 11.1. The van der Waals surface area contributed by atoms with Gasteiger partial charge in [-0.05, 0) is 38.6 Å². The van der Waals surface area contributed by atoms with Crippen molar-refractivity contribution in [2.75, 3.05) is 7.05 Å². The van der Waals surface area contributed by atoms with Crippen LogP contribution in [0.5, 0.6) is 0 Å². The Morgan fingerprint density at radius 3 is 2.62 bits per heavy atom. The zero-order valence-electron chi connectivity index (χ0n) is 9.70. The van der Waals surface area contributed by atoms with E-state index in [1.165, 1.54) is 12.1 Å². The van der Waals surface area contributed by atoms with Gasteiger partial charge in [-0.1, -0.05) is 6.07 Å². The summed E-state index contributed by atoms with van der Waals surface area (Å²) in [7, 11) is 1.90. The lowest BCUT2D eigenvalue weighted by molar-refractivity contribution is 0.0693. The third kappa shape index (κ3) is 3.03. The summed E-state index contributed by atoms with van der Waals surface area (Å²) < 4.78 is 12.9. The molecule has 1 rings (SSSR count). The lowest BCUT2D eigenvalue weighted by atomic mass is 10.1. The van der Waals surface area contributed by atoms with E-state index in [4.69, 9.17) is 5.11 Å². The second-order valence-electron chi connectivity index (χ2n) is 4.12. The van der Waals surface area contributed by atoms with Crippen LogP contribution in [-0.4, -0.2) is 29.1 Å². The molecule has 1 aromatic rings. The van der Waals surface area contributed by atoms with E-state index in [0.29, 0.717) is 18.2 Å². The zero-order chi connectivity index (χ0) is 12.3. The van der Waals surface area contributed by atoms with Crippen LogP contribution in [-0.2, 0) is 6.54 Å². The summed E-state index contributed by atoms with van der Waals surface area (Å²) in [4.78, 5) is 12.9. The molecule has 0 saturated carbocycles. The third-order valence-electron chi connectivity index (χ3n) is 2.60. The molecule has 0 heterocycles. The van der Waals surface area contributed by atoms with E-state index >= 15 is 0 Å². The predicted octanol–water partition coefficient (Wildman–Crippen LogP) is 2.36. The fraction of sp³-hybridized carbons (Fsp3) is 0.417. The lowest BCUT2D eigenvalue weighted by Crippen LogP contribution is -2.26. The van der Waals surface area contributed by atoms with Crippen molar-refractivity contribution >= 4 is 5.97 Å². The fourth-order valence-corrected chi connectivity index (χ4v) is 1.34. The topological polar surface area (TPSA) is 40.5 Å². The molecule has 3 nitrogen and oxygen atoms in total. The van der Waals surface area contributed by atoms with Crippen LogP contribution in [0.4, 0.5) is 4.39 Å². The van der Waals surface area contributed by atoms with Gasteiger partial charge in [-0.25, -0.2) is 9.18 Å². The summed E-state index contributed by atoms with van der Waals surface area (Å²) in [5.41, 5.74) is 0.664.